The second-order valence-corrected chi connectivity index (χ2v) is 6.82. The molecule has 1 aromatic carbocycles. The first kappa shape index (κ1) is 14.2. The molecule has 0 aliphatic carbocycles. The third-order valence-corrected chi connectivity index (χ3v) is 3.72. The molecule has 2 aromatic rings. The minimum Gasteiger partial charge on any atom is -0.267 e. The lowest BCUT2D eigenvalue weighted by Gasteiger charge is -2.06. The fourth-order valence-electron chi connectivity index (χ4n) is 1.65. The van der Waals surface area contributed by atoms with Crippen LogP contribution in [-0.2, 0) is 16.6 Å². The van der Waals surface area contributed by atoms with E-state index in [4.69, 9.17) is 0 Å². The van der Waals surface area contributed by atoms with Crippen molar-refractivity contribution >= 4 is 36.7 Å². The van der Waals surface area contributed by atoms with Gasteiger partial charge in [0.15, 0.2) is 0 Å². The summed E-state index contributed by atoms with van der Waals surface area (Å²) in [7, 11) is -3.25. The number of nitrogens with zero attached hydrogens (tertiary/aromatic N) is 2. The molecule has 0 radical (unpaired) electrons. The van der Waals surface area contributed by atoms with Gasteiger partial charge in [-0.2, -0.15) is 5.10 Å². The Morgan fingerprint density at radius 2 is 2.16 bits per heavy atom. The summed E-state index contributed by atoms with van der Waals surface area (Å²) < 4.78 is 26.3. The first-order chi connectivity index (χ1) is 8.87. The number of rotatable bonds is 4. The van der Waals surface area contributed by atoms with Crippen LogP contribution in [0.5, 0.6) is 0 Å². The van der Waals surface area contributed by atoms with E-state index in [9.17, 15) is 13.2 Å². The predicted molar refractivity (Wildman–Crippen MR) is 76.5 cm³/mol. The zero-order valence-corrected chi connectivity index (χ0v) is 12.5. The third kappa shape index (κ3) is 3.62. The van der Waals surface area contributed by atoms with Crippen LogP contribution in [0.15, 0.2) is 33.7 Å². The summed E-state index contributed by atoms with van der Waals surface area (Å²) >= 11 is 3.33. The topological polar surface area (TPSA) is 81.1 Å². The van der Waals surface area contributed by atoms with E-state index in [1.54, 1.807) is 18.3 Å². The van der Waals surface area contributed by atoms with E-state index in [2.05, 4.69) is 25.8 Å². The average Bonchev–Trinajstić information content (AvgIpc) is 2.30. The Morgan fingerprint density at radius 3 is 2.84 bits per heavy atom. The summed E-state index contributed by atoms with van der Waals surface area (Å²) in [5.41, 5.74) is -0.236. The van der Waals surface area contributed by atoms with Crippen molar-refractivity contribution < 1.29 is 8.42 Å². The molecule has 0 amide bonds. The molecule has 0 fully saturated rings. The van der Waals surface area contributed by atoms with Gasteiger partial charge in [0, 0.05) is 16.4 Å². The van der Waals surface area contributed by atoms with Gasteiger partial charge in [0.1, 0.15) is 0 Å². The summed E-state index contributed by atoms with van der Waals surface area (Å²) in [5, 5.41) is 5.31. The van der Waals surface area contributed by atoms with Gasteiger partial charge in [0.25, 0.3) is 5.56 Å². The van der Waals surface area contributed by atoms with Crippen LogP contribution in [-0.4, -0.2) is 31.0 Å². The molecule has 19 heavy (non-hydrogen) atoms. The lowest BCUT2D eigenvalue weighted by Crippen LogP contribution is -2.31. The molecule has 0 spiro atoms. The number of hydrogen-bond acceptors (Lipinski definition) is 4. The van der Waals surface area contributed by atoms with Crippen molar-refractivity contribution in [1.29, 1.82) is 0 Å². The maximum Gasteiger partial charge on any atom is 0.274 e. The van der Waals surface area contributed by atoms with Crippen molar-refractivity contribution in [2.45, 2.75) is 6.54 Å². The van der Waals surface area contributed by atoms with Gasteiger partial charge >= 0.3 is 0 Å². The molecule has 0 atom stereocenters. The van der Waals surface area contributed by atoms with Gasteiger partial charge in [0.05, 0.1) is 24.4 Å². The van der Waals surface area contributed by atoms with Crippen molar-refractivity contribution in [2.75, 3.05) is 12.8 Å². The van der Waals surface area contributed by atoms with Crippen LogP contribution in [0.4, 0.5) is 0 Å². The van der Waals surface area contributed by atoms with E-state index >= 15 is 0 Å². The van der Waals surface area contributed by atoms with E-state index < -0.39 is 10.0 Å². The van der Waals surface area contributed by atoms with Crippen LogP contribution >= 0.6 is 15.9 Å². The smallest absolute Gasteiger partial charge is 0.267 e. The van der Waals surface area contributed by atoms with Crippen molar-refractivity contribution in [3.8, 4) is 0 Å². The Kier molecular flexibility index (Phi) is 4.02. The maximum absolute atomic E-state index is 12.1. The van der Waals surface area contributed by atoms with Crippen LogP contribution < -0.4 is 10.3 Å². The minimum absolute atomic E-state index is 0.133. The van der Waals surface area contributed by atoms with Crippen LogP contribution in [0.2, 0.25) is 0 Å². The van der Waals surface area contributed by atoms with Crippen molar-refractivity contribution in [3.05, 3.63) is 39.2 Å². The molecule has 1 aromatic heterocycles. The molecular formula is C11H12BrN3O3S. The summed E-state index contributed by atoms with van der Waals surface area (Å²) in [6.45, 7) is 0.325. The fraction of sp³-hybridized carbons (Fsp3) is 0.273. The van der Waals surface area contributed by atoms with Crippen LogP contribution in [0.25, 0.3) is 10.8 Å². The van der Waals surface area contributed by atoms with Gasteiger partial charge in [-0.15, -0.1) is 0 Å². The second kappa shape index (κ2) is 5.40. The number of benzene rings is 1. The zero-order chi connectivity index (χ0) is 14.0. The summed E-state index contributed by atoms with van der Waals surface area (Å²) in [6, 6.07) is 5.30. The number of halogens is 1. The highest BCUT2D eigenvalue weighted by molar-refractivity contribution is 9.10. The Hall–Kier alpha value is -1.25. The van der Waals surface area contributed by atoms with Gasteiger partial charge in [0.2, 0.25) is 10.0 Å². The molecule has 0 aliphatic rings. The SMILES string of the molecule is CS(=O)(=O)NCCn1ncc2cc(Br)ccc2c1=O. The number of aromatic nitrogens is 2. The second-order valence-electron chi connectivity index (χ2n) is 4.07. The Labute approximate surface area is 118 Å². The van der Waals surface area contributed by atoms with Crippen molar-refractivity contribution in [2.24, 2.45) is 0 Å². The normalized spacial score (nSPS) is 11.9. The highest BCUT2D eigenvalue weighted by Crippen LogP contribution is 2.15. The minimum atomic E-state index is -3.25. The van der Waals surface area contributed by atoms with E-state index in [-0.39, 0.29) is 18.6 Å². The zero-order valence-electron chi connectivity index (χ0n) is 10.1. The lowest BCUT2D eigenvalue weighted by atomic mass is 10.2. The van der Waals surface area contributed by atoms with Gasteiger partial charge in [-0.25, -0.2) is 17.8 Å². The Morgan fingerprint density at radius 1 is 1.42 bits per heavy atom. The number of hydrogen-bond donors (Lipinski definition) is 1. The average molecular weight is 346 g/mol. The molecule has 0 saturated carbocycles. The molecule has 0 bridgehead atoms. The molecule has 0 saturated heterocycles. The summed E-state index contributed by atoms with van der Waals surface area (Å²) in [4.78, 5) is 12.1. The highest BCUT2D eigenvalue weighted by Gasteiger charge is 2.05. The quantitative estimate of drug-likeness (QED) is 0.884. The molecule has 6 nitrogen and oxygen atoms in total. The number of fused-ring (bicyclic) bond motifs is 1. The lowest BCUT2D eigenvalue weighted by molar-refractivity contribution is 0.553. The van der Waals surface area contributed by atoms with Crippen molar-refractivity contribution in [3.63, 3.8) is 0 Å². The largest absolute Gasteiger partial charge is 0.274 e. The first-order valence-electron chi connectivity index (χ1n) is 5.47. The fourth-order valence-corrected chi connectivity index (χ4v) is 2.50. The van der Waals surface area contributed by atoms with Crippen LogP contribution in [0.1, 0.15) is 0 Å². The molecule has 8 heteroatoms. The molecular weight excluding hydrogens is 334 g/mol. The number of sulfonamides is 1. The van der Waals surface area contributed by atoms with Crippen LogP contribution in [0.3, 0.4) is 0 Å². The number of nitrogens with one attached hydrogen (secondary N) is 1. The molecule has 2 rings (SSSR count). The van der Waals surface area contributed by atoms with E-state index in [0.717, 1.165) is 16.1 Å². The predicted octanol–water partition coefficient (Wildman–Crippen LogP) is 0.708. The molecule has 102 valence electrons. The molecule has 1 N–H and O–H groups in total. The van der Waals surface area contributed by atoms with E-state index in [0.29, 0.717) is 5.39 Å². The Bertz CT molecular complexity index is 770. The van der Waals surface area contributed by atoms with Gasteiger partial charge in [-0.05, 0) is 18.2 Å². The highest BCUT2D eigenvalue weighted by atomic mass is 79.9. The Balaban J connectivity index is 2.28. The van der Waals surface area contributed by atoms with E-state index in [1.807, 2.05) is 6.07 Å². The van der Waals surface area contributed by atoms with Gasteiger partial charge in [-0.1, -0.05) is 15.9 Å². The molecule has 1 heterocycles. The molecule has 0 unspecified atom stereocenters. The third-order valence-electron chi connectivity index (χ3n) is 2.50. The van der Waals surface area contributed by atoms with Gasteiger partial charge < -0.3 is 0 Å². The van der Waals surface area contributed by atoms with Gasteiger partial charge in [-0.3, -0.25) is 4.79 Å². The summed E-state index contributed by atoms with van der Waals surface area (Å²) in [5.74, 6) is 0. The molecule has 0 aliphatic heterocycles. The maximum atomic E-state index is 12.1. The first-order valence-corrected chi connectivity index (χ1v) is 8.15. The van der Waals surface area contributed by atoms with Crippen molar-refractivity contribution in [1.82, 2.24) is 14.5 Å². The monoisotopic (exact) mass is 345 g/mol. The van der Waals surface area contributed by atoms with Crippen LogP contribution in [0, 0.1) is 0 Å². The standard InChI is InChI=1S/C11H12BrN3O3S/c1-19(17,18)14-4-5-15-11(16)10-3-2-9(12)6-8(10)7-13-15/h2-3,6-7,14H,4-5H2,1H3. The summed E-state index contributed by atoms with van der Waals surface area (Å²) in [6.07, 6.45) is 2.66. The van der Waals surface area contributed by atoms with E-state index in [1.165, 1.54) is 4.68 Å².